The van der Waals surface area contributed by atoms with Gasteiger partial charge in [0.05, 0.1) is 5.69 Å². The van der Waals surface area contributed by atoms with Crippen LogP contribution in [0.1, 0.15) is 54.1 Å². The highest BCUT2D eigenvalue weighted by Crippen LogP contribution is 2.34. The number of hydrogen-bond donors (Lipinski definition) is 1. The fourth-order valence-corrected chi connectivity index (χ4v) is 4.29. The molecule has 0 aliphatic carbocycles. The lowest BCUT2D eigenvalue weighted by Gasteiger charge is -2.27. The normalized spacial score (nSPS) is 24.2. The van der Waals surface area contributed by atoms with Gasteiger partial charge < -0.3 is 9.67 Å². The van der Waals surface area contributed by atoms with Gasteiger partial charge in [-0.25, -0.2) is 9.78 Å². The van der Waals surface area contributed by atoms with E-state index in [0.717, 1.165) is 43.7 Å². The number of imidazole rings is 1. The molecule has 0 amide bonds. The third-order valence-corrected chi connectivity index (χ3v) is 5.31. The molecule has 1 fully saturated rings. The van der Waals surface area contributed by atoms with Gasteiger partial charge >= 0.3 is 5.97 Å². The Balaban J connectivity index is 2.01. The minimum atomic E-state index is -0.866. The molecule has 19 heavy (non-hydrogen) atoms. The lowest BCUT2D eigenvalue weighted by atomic mass is 9.97. The molecule has 1 saturated heterocycles. The third kappa shape index (κ3) is 2.40. The van der Waals surface area contributed by atoms with Crippen LogP contribution >= 0.6 is 11.8 Å². The Morgan fingerprint density at radius 3 is 2.79 bits per heavy atom. The number of aromatic nitrogens is 2. The molecule has 1 unspecified atom stereocenters. The molecule has 4 nitrogen and oxygen atoms in total. The quantitative estimate of drug-likeness (QED) is 0.905. The van der Waals surface area contributed by atoms with E-state index in [0.29, 0.717) is 17.5 Å². The SMILES string of the molecule is CC1CCc2c(C(=O)O)nc(C3CCSCC3)n2C1. The van der Waals surface area contributed by atoms with Crippen molar-refractivity contribution in [2.45, 2.75) is 45.1 Å². The Hall–Kier alpha value is -0.970. The van der Waals surface area contributed by atoms with E-state index in [1.54, 1.807) is 0 Å². The maximum atomic E-state index is 11.4. The molecule has 1 aromatic heterocycles. The summed E-state index contributed by atoms with van der Waals surface area (Å²) >= 11 is 1.99. The first-order valence-corrected chi connectivity index (χ1v) is 8.22. The van der Waals surface area contributed by atoms with Gasteiger partial charge in [-0.3, -0.25) is 0 Å². The zero-order chi connectivity index (χ0) is 13.4. The molecule has 0 spiro atoms. The van der Waals surface area contributed by atoms with E-state index >= 15 is 0 Å². The van der Waals surface area contributed by atoms with Crippen molar-refractivity contribution in [1.82, 2.24) is 9.55 Å². The van der Waals surface area contributed by atoms with E-state index < -0.39 is 5.97 Å². The smallest absolute Gasteiger partial charge is 0.356 e. The molecule has 1 N–H and O–H groups in total. The highest BCUT2D eigenvalue weighted by atomic mass is 32.2. The lowest BCUT2D eigenvalue weighted by molar-refractivity contribution is 0.0689. The van der Waals surface area contributed by atoms with Crippen LogP contribution in [0, 0.1) is 5.92 Å². The Morgan fingerprint density at radius 2 is 2.11 bits per heavy atom. The molecule has 2 aliphatic heterocycles. The summed E-state index contributed by atoms with van der Waals surface area (Å²) in [4.78, 5) is 15.9. The molecule has 2 aliphatic rings. The minimum Gasteiger partial charge on any atom is -0.476 e. The van der Waals surface area contributed by atoms with Gasteiger partial charge in [0.25, 0.3) is 0 Å². The summed E-state index contributed by atoms with van der Waals surface area (Å²) in [6, 6.07) is 0. The van der Waals surface area contributed by atoms with Crippen LogP contribution in [-0.2, 0) is 13.0 Å². The van der Waals surface area contributed by atoms with Crippen molar-refractivity contribution in [3.63, 3.8) is 0 Å². The van der Waals surface area contributed by atoms with Crippen LogP contribution in [0.3, 0.4) is 0 Å². The van der Waals surface area contributed by atoms with Gasteiger partial charge in [0.2, 0.25) is 0 Å². The Bertz CT molecular complexity index is 492. The molecular formula is C14H20N2O2S. The predicted octanol–water partition coefficient (Wildman–Crippen LogP) is 2.77. The fourth-order valence-electron chi connectivity index (χ4n) is 3.19. The van der Waals surface area contributed by atoms with Crippen molar-refractivity contribution in [3.8, 4) is 0 Å². The zero-order valence-corrected chi connectivity index (χ0v) is 12.1. The van der Waals surface area contributed by atoms with Crippen LogP contribution in [0.15, 0.2) is 0 Å². The molecular weight excluding hydrogens is 260 g/mol. The lowest BCUT2D eigenvalue weighted by Crippen LogP contribution is -2.22. The van der Waals surface area contributed by atoms with Crippen molar-refractivity contribution in [2.75, 3.05) is 11.5 Å². The summed E-state index contributed by atoms with van der Waals surface area (Å²) in [6.07, 6.45) is 4.20. The molecule has 0 bridgehead atoms. The number of rotatable bonds is 2. The van der Waals surface area contributed by atoms with Crippen LogP contribution in [0.25, 0.3) is 0 Å². The standard InChI is InChI=1S/C14H20N2O2S/c1-9-2-3-11-12(14(17)18)15-13(16(11)8-9)10-4-6-19-7-5-10/h9-10H,2-8H2,1H3,(H,17,18). The van der Waals surface area contributed by atoms with E-state index in [-0.39, 0.29) is 0 Å². The summed E-state index contributed by atoms with van der Waals surface area (Å²) in [5, 5.41) is 9.34. The number of carboxylic acids is 1. The second-order valence-corrected chi connectivity index (χ2v) is 6.94. The molecule has 1 aromatic rings. The summed E-state index contributed by atoms with van der Waals surface area (Å²) in [5.41, 5.74) is 1.26. The van der Waals surface area contributed by atoms with Crippen molar-refractivity contribution in [1.29, 1.82) is 0 Å². The molecule has 5 heteroatoms. The average molecular weight is 280 g/mol. The monoisotopic (exact) mass is 280 g/mol. The van der Waals surface area contributed by atoms with Gasteiger partial charge in [-0.05, 0) is 43.1 Å². The first kappa shape index (κ1) is 13.0. The van der Waals surface area contributed by atoms with Gasteiger partial charge in [-0.2, -0.15) is 11.8 Å². The number of thioether (sulfide) groups is 1. The Labute approximate surface area is 117 Å². The molecule has 0 aromatic carbocycles. The van der Waals surface area contributed by atoms with Crippen LogP contribution in [0.4, 0.5) is 0 Å². The van der Waals surface area contributed by atoms with Crippen LogP contribution in [-0.4, -0.2) is 32.1 Å². The van der Waals surface area contributed by atoms with E-state index in [4.69, 9.17) is 0 Å². The largest absolute Gasteiger partial charge is 0.476 e. The second-order valence-electron chi connectivity index (χ2n) is 5.71. The van der Waals surface area contributed by atoms with Gasteiger partial charge in [-0.15, -0.1) is 0 Å². The topological polar surface area (TPSA) is 55.1 Å². The van der Waals surface area contributed by atoms with Gasteiger partial charge in [-0.1, -0.05) is 6.92 Å². The zero-order valence-electron chi connectivity index (χ0n) is 11.3. The number of nitrogens with zero attached hydrogens (tertiary/aromatic N) is 2. The van der Waals surface area contributed by atoms with E-state index in [1.807, 2.05) is 11.8 Å². The highest BCUT2D eigenvalue weighted by Gasteiger charge is 2.30. The van der Waals surface area contributed by atoms with Crippen molar-refractivity contribution in [2.24, 2.45) is 5.92 Å². The van der Waals surface area contributed by atoms with Crippen molar-refractivity contribution in [3.05, 3.63) is 17.2 Å². The first-order valence-electron chi connectivity index (χ1n) is 7.07. The average Bonchev–Trinajstić information content (AvgIpc) is 2.78. The van der Waals surface area contributed by atoms with Crippen molar-refractivity contribution < 1.29 is 9.90 Å². The molecule has 0 saturated carbocycles. The number of carbonyl (C=O) groups is 1. The predicted molar refractivity (Wildman–Crippen MR) is 76.0 cm³/mol. The summed E-state index contributed by atoms with van der Waals surface area (Å²) < 4.78 is 2.22. The third-order valence-electron chi connectivity index (χ3n) is 4.26. The molecule has 0 radical (unpaired) electrons. The molecule has 3 rings (SSSR count). The number of fused-ring (bicyclic) bond motifs is 1. The van der Waals surface area contributed by atoms with Crippen LogP contribution in [0.5, 0.6) is 0 Å². The first-order chi connectivity index (χ1) is 9.16. The summed E-state index contributed by atoms with van der Waals surface area (Å²) in [5.74, 6) is 3.60. The Kier molecular flexibility index (Phi) is 3.56. The fraction of sp³-hybridized carbons (Fsp3) is 0.714. The maximum absolute atomic E-state index is 11.4. The minimum absolute atomic E-state index is 0.306. The highest BCUT2D eigenvalue weighted by molar-refractivity contribution is 7.99. The van der Waals surface area contributed by atoms with Gasteiger partial charge in [0.15, 0.2) is 5.69 Å². The van der Waals surface area contributed by atoms with E-state index in [9.17, 15) is 9.90 Å². The molecule has 1 atom stereocenters. The van der Waals surface area contributed by atoms with Gasteiger partial charge in [0.1, 0.15) is 5.82 Å². The molecule has 104 valence electrons. The number of carboxylic acid groups (broad SMARTS) is 1. The Morgan fingerprint density at radius 1 is 1.37 bits per heavy atom. The van der Waals surface area contributed by atoms with Crippen LogP contribution < -0.4 is 0 Å². The van der Waals surface area contributed by atoms with E-state index in [1.165, 1.54) is 11.5 Å². The summed E-state index contributed by atoms with van der Waals surface area (Å²) in [7, 11) is 0. The van der Waals surface area contributed by atoms with Crippen LogP contribution in [0.2, 0.25) is 0 Å². The van der Waals surface area contributed by atoms with E-state index in [2.05, 4.69) is 16.5 Å². The molecule has 3 heterocycles. The second kappa shape index (κ2) is 5.19. The number of aromatic carboxylic acids is 1. The maximum Gasteiger partial charge on any atom is 0.356 e. The van der Waals surface area contributed by atoms with Crippen molar-refractivity contribution >= 4 is 17.7 Å². The van der Waals surface area contributed by atoms with Gasteiger partial charge in [0, 0.05) is 12.5 Å². The number of hydrogen-bond acceptors (Lipinski definition) is 3. The summed E-state index contributed by atoms with van der Waals surface area (Å²) in [6.45, 7) is 3.18.